The molecule has 20 heavy (non-hydrogen) atoms. The zero-order valence-corrected chi connectivity index (χ0v) is 11.7. The Bertz CT molecular complexity index is 496. The molecule has 0 radical (unpaired) electrons. The first kappa shape index (κ1) is 14.6. The normalized spacial score (nSPS) is 12.3. The zero-order valence-electron chi connectivity index (χ0n) is 11.7. The van der Waals surface area contributed by atoms with Crippen LogP contribution in [0.5, 0.6) is 5.75 Å². The fraction of sp³-hybridized carbons (Fsp3) is 0.375. The number of rotatable bonds is 8. The van der Waals surface area contributed by atoms with Crippen LogP contribution in [0.25, 0.3) is 0 Å². The van der Waals surface area contributed by atoms with Gasteiger partial charge < -0.3 is 19.6 Å². The summed E-state index contributed by atoms with van der Waals surface area (Å²) in [5.41, 5.74) is 1.13. The number of aliphatic hydroxyl groups excluding tert-OH is 1. The average molecular weight is 275 g/mol. The van der Waals surface area contributed by atoms with E-state index >= 15 is 0 Å². The molecule has 0 aliphatic rings. The Kier molecular flexibility index (Phi) is 5.65. The lowest BCUT2D eigenvalue weighted by Crippen LogP contribution is -2.20. The van der Waals surface area contributed by atoms with Crippen LogP contribution in [0.4, 0.5) is 0 Å². The fourth-order valence-electron chi connectivity index (χ4n) is 1.90. The third-order valence-corrected chi connectivity index (χ3v) is 2.91. The summed E-state index contributed by atoms with van der Waals surface area (Å²) in [4.78, 5) is 0. The smallest absolute Gasteiger partial charge is 0.133 e. The molecule has 4 heteroatoms. The fourth-order valence-corrected chi connectivity index (χ4v) is 1.90. The third-order valence-electron chi connectivity index (χ3n) is 2.91. The van der Waals surface area contributed by atoms with Gasteiger partial charge >= 0.3 is 0 Å². The molecule has 2 rings (SSSR count). The molecule has 1 unspecified atom stereocenters. The molecule has 0 saturated heterocycles. The largest absolute Gasteiger partial charge is 0.494 e. The van der Waals surface area contributed by atoms with E-state index in [1.807, 2.05) is 24.3 Å². The van der Waals surface area contributed by atoms with Crippen LogP contribution in [-0.2, 0) is 6.54 Å². The lowest BCUT2D eigenvalue weighted by Gasteiger charge is -2.10. The van der Waals surface area contributed by atoms with Crippen molar-refractivity contribution < 1.29 is 14.3 Å². The third kappa shape index (κ3) is 4.40. The molecule has 0 fully saturated rings. The number of hydrogen-bond donors (Lipinski definition) is 2. The number of nitrogens with one attached hydrogen (secondary N) is 1. The highest BCUT2D eigenvalue weighted by molar-refractivity contribution is 5.28. The molecular formula is C16H21NO3. The molecule has 2 aromatic rings. The topological polar surface area (TPSA) is 54.6 Å². The van der Waals surface area contributed by atoms with Crippen molar-refractivity contribution in [1.82, 2.24) is 5.32 Å². The maximum atomic E-state index is 9.88. The van der Waals surface area contributed by atoms with Gasteiger partial charge in [0.25, 0.3) is 0 Å². The molecule has 1 aromatic heterocycles. The van der Waals surface area contributed by atoms with E-state index in [4.69, 9.17) is 9.15 Å². The molecule has 2 N–H and O–H groups in total. The molecular weight excluding hydrogens is 254 g/mol. The van der Waals surface area contributed by atoms with Crippen LogP contribution in [0.2, 0.25) is 0 Å². The van der Waals surface area contributed by atoms with Crippen molar-refractivity contribution in [3.8, 4) is 5.75 Å². The molecule has 0 saturated carbocycles. The highest BCUT2D eigenvalue weighted by Crippen LogP contribution is 2.15. The number of hydrogen-bond acceptors (Lipinski definition) is 4. The van der Waals surface area contributed by atoms with E-state index in [1.165, 1.54) is 0 Å². The van der Waals surface area contributed by atoms with Crippen molar-refractivity contribution in [3.63, 3.8) is 0 Å². The molecule has 1 aromatic carbocycles. The first-order chi connectivity index (χ1) is 9.79. The number of benzene rings is 1. The summed E-state index contributed by atoms with van der Waals surface area (Å²) in [5.74, 6) is 1.47. The predicted molar refractivity (Wildman–Crippen MR) is 77.6 cm³/mol. The lowest BCUT2D eigenvalue weighted by molar-refractivity contribution is 0.147. The second-order valence-electron chi connectivity index (χ2n) is 4.66. The summed E-state index contributed by atoms with van der Waals surface area (Å²) in [6.07, 6.45) is 1.94. The SMILES string of the molecule is CCCOc1cccc(CNCC(O)c2ccco2)c1. The van der Waals surface area contributed by atoms with Crippen LogP contribution in [0.1, 0.15) is 30.8 Å². The van der Waals surface area contributed by atoms with Gasteiger partial charge in [0.2, 0.25) is 0 Å². The van der Waals surface area contributed by atoms with Crippen molar-refractivity contribution in [1.29, 1.82) is 0 Å². The number of aliphatic hydroxyl groups is 1. The summed E-state index contributed by atoms with van der Waals surface area (Å²) in [6.45, 7) is 3.95. The van der Waals surface area contributed by atoms with Gasteiger partial charge in [-0.2, -0.15) is 0 Å². The highest BCUT2D eigenvalue weighted by Gasteiger charge is 2.09. The first-order valence-electron chi connectivity index (χ1n) is 6.93. The minimum atomic E-state index is -0.621. The minimum absolute atomic E-state index is 0.452. The Morgan fingerprint density at radius 2 is 2.20 bits per heavy atom. The zero-order chi connectivity index (χ0) is 14.2. The van der Waals surface area contributed by atoms with Crippen LogP contribution in [0, 0.1) is 0 Å². The predicted octanol–water partition coefficient (Wildman–Crippen LogP) is 2.89. The molecule has 0 bridgehead atoms. The first-order valence-corrected chi connectivity index (χ1v) is 6.93. The highest BCUT2D eigenvalue weighted by atomic mass is 16.5. The summed E-state index contributed by atoms with van der Waals surface area (Å²) in [6, 6.07) is 11.5. The van der Waals surface area contributed by atoms with Gasteiger partial charge in [0.15, 0.2) is 0 Å². The standard InChI is InChI=1S/C16H21NO3/c1-2-8-19-14-6-3-5-13(10-14)11-17-12-15(18)16-7-4-9-20-16/h3-7,9-10,15,17-18H,2,8,11-12H2,1H3. The summed E-state index contributed by atoms with van der Waals surface area (Å²) in [7, 11) is 0. The van der Waals surface area contributed by atoms with Crippen molar-refractivity contribution in [2.24, 2.45) is 0 Å². The average Bonchev–Trinajstić information content (AvgIpc) is 3.00. The van der Waals surface area contributed by atoms with E-state index in [0.717, 1.165) is 24.3 Å². The van der Waals surface area contributed by atoms with Crippen LogP contribution >= 0.6 is 0 Å². The maximum absolute atomic E-state index is 9.88. The van der Waals surface area contributed by atoms with Crippen LogP contribution in [-0.4, -0.2) is 18.3 Å². The Labute approximate surface area is 119 Å². The van der Waals surface area contributed by atoms with Crippen LogP contribution in [0.3, 0.4) is 0 Å². The molecule has 0 amide bonds. The molecule has 1 atom stereocenters. The summed E-state index contributed by atoms with van der Waals surface area (Å²) >= 11 is 0. The van der Waals surface area contributed by atoms with Gasteiger partial charge in [-0.1, -0.05) is 19.1 Å². The summed E-state index contributed by atoms with van der Waals surface area (Å²) < 4.78 is 10.7. The van der Waals surface area contributed by atoms with Gasteiger partial charge in [-0.05, 0) is 36.2 Å². The van der Waals surface area contributed by atoms with Gasteiger partial charge in [0.1, 0.15) is 17.6 Å². The minimum Gasteiger partial charge on any atom is -0.494 e. The van der Waals surface area contributed by atoms with Crippen molar-refractivity contribution in [2.45, 2.75) is 26.0 Å². The summed E-state index contributed by atoms with van der Waals surface area (Å²) in [5, 5.41) is 13.1. The van der Waals surface area contributed by atoms with Crippen LogP contribution in [0.15, 0.2) is 47.1 Å². The quantitative estimate of drug-likeness (QED) is 0.778. The Morgan fingerprint density at radius 1 is 1.30 bits per heavy atom. The second kappa shape index (κ2) is 7.72. The van der Waals surface area contributed by atoms with E-state index < -0.39 is 6.10 Å². The molecule has 0 spiro atoms. The van der Waals surface area contributed by atoms with Gasteiger partial charge in [-0.15, -0.1) is 0 Å². The number of furan rings is 1. The van der Waals surface area contributed by atoms with Crippen molar-refractivity contribution in [2.75, 3.05) is 13.2 Å². The Hall–Kier alpha value is -1.78. The van der Waals surface area contributed by atoms with Crippen LogP contribution < -0.4 is 10.1 Å². The van der Waals surface area contributed by atoms with Gasteiger partial charge in [-0.25, -0.2) is 0 Å². The van der Waals surface area contributed by atoms with Gasteiger partial charge in [-0.3, -0.25) is 0 Å². The monoisotopic (exact) mass is 275 g/mol. The van der Waals surface area contributed by atoms with E-state index in [2.05, 4.69) is 12.2 Å². The van der Waals surface area contributed by atoms with E-state index in [0.29, 0.717) is 18.8 Å². The Morgan fingerprint density at radius 3 is 2.95 bits per heavy atom. The van der Waals surface area contributed by atoms with E-state index in [1.54, 1.807) is 18.4 Å². The molecule has 0 aliphatic carbocycles. The second-order valence-corrected chi connectivity index (χ2v) is 4.66. The molecule has 4 nitrogen and oxygen atoms in total. The van der Waals surface area contributed by atoms with Crippen molar-refractivity contribution >= 4 is 0 Å². The van der Waals surface area contributed by atoms with Gasteiger partial charge in [0, 0.05) is 13.1 Å². The molecule has 108 valence electrons. The Balaban J connectivity index is 1.79. The van der Waals surface area contributed by atoms with Crippen molar-refractivity contribution in [3.05, 3.63) is 54.0 Å². The lowest BCUT2D eigenvalue weighted by atomic mass is 10.2. The molecule has 0 aliphatic heterocycles. The maximum Gasteiger partial charge on any atom is 0.133 e. The van der Waals surface area contributed by atoms with E-state index in [-0.39, 0.29) is 0 Å². The van der Waals surface area contributed by atoms with Gasteiger partial charge in [0.05, 0.1) is 12.9 Å². The molecule has 1 heterocycles. The van der Waals surface area contributed by atoms with E-state index in [9.17, 15) is 5.11 Å². The number of ether oxygens (including phenoxy) is 1.